The first kappa shape index (κ1) is 8.04. The largest absolute Gasteiger partial charge is 0.481 e. The lowest BCUT2D eigenvalue weighted by Gasteiger charge is -2.08. The van der Waals surface area contributed by atoms with Crippen molar-refractivity contribution in [2.45, 2.75) is 19.8 Å². The SMILES string of the molecule is CC(=O)NCC1(C(=O)O)CC1. The fourth-order valence-corrected chi connectivity index (χ4v) is 0.911. The summed E-state index contributed by atoms with van der Waals surface area (Å²) in [5.74, 6) is -0.969. The van der Waals surface area contributed by atoms with Gasteiger partial charge in [-0.15, -0.1) is 0 Å². The highest BCUT2D eigenvalue weighted by atomic mass is 16.4. The molecule has 0 aromatic carbocycles. The predicted molar refractivity (Wildman–Crippen MR) is 38.0 cm³/mol. The molecule has 1 rings (SSSR count). The van der Waals surface area contributed by atoms with Gasteiger partial charge in [0.15, 0.2) is 0 Å². The van der Waals surface area contributed by atoms with Gasteiger partial charge in [-0.25, -0.2) is 0 Å². The molecule has 0 spiro atoms. The molecule has 1 aliphatic rings. The Morgan fingerprint density at radius 2 is 2.09 bits per heavy atom. The summed E-state index contributed by atoms with van der Waals surface area (Å²) in [6.07, 6.45) is 1.37. The third kappa shape index (κ3) is 1.69. The summed E-state index contributed by atoms with van der Waals surface area (Å²) < 4.78 is 0. The van der Waals surface area contributed by atoms with Crippen LogP contribution >= 0.6 is 0 Å². The molecule has 0 saturated heterocycles. The van der Waals surface area contributed by atoms with Crippen molar-refractivity contribution in [3.63, 3.8) is 0 Å². The molecule has 0 heterocycles. The maximum Gasteiger partial charge on any atom is 0.311 e. The second kappa shape index (κ2) is 2.53. The molecule has 11 heavy (non-hydrogen) atoms. The minimum absolute atomic E-state index is 0.169. The van der Waals surface area contributed by atoms with Crippen molar-refractivity contribution in [1.29, 1.82) is 0 Å². The molecular formula is C7H11NO3. The van der Waals surface area contributed by atoms with Gasteiger partial charge in [-0.3, -0.25) is 9.59 Å². The lowest BCUT2D eigenvalue weighted by atomic mass is 10.1. The van der Waals surface area contributed by atoms with E-state index in [4.69, 9.17) is 5.11 Å². The van der Waals surface area contributed by atoms with Gasteiger partial charge in [0.1, 0.15) is 0 Å². The maximum absolute atomic E-state index is 10.5. The van der Waals surface area contributed by atoms with Crippen molar-refractivity contribution in [2.75, 3.05) is 6.54 Å². The van der Waals surface area contributed by atoms with E-state index in [1.165, 1.54) is 6.92 Å². The lowest BCUT2D eigenvalue weighted by molar-refractivity contribution is -0.143. The van der Waals surface area contributed by atoms with E-state index in [2.05, 4.69) is 5.32 Å². The monoisotopic (exact) mass is 157 g/mol. The van der Waals surface area contributed by atoms with Crippen molar-refractivity contribution in [2.24, 2.45) is 5.41 Å². The third-order valence-electron chi connectivity index (χ3n) is 1.98. The molecule has 4 heteroatoms. The first-order chi connectivity index (χ1) is 5.07. The van der Waals surface area contributed by atoms with Gasteiger partial charge < -0.3 is 10.4 Å². The van der Waals surface area contributed by atoms with Crippen LogP contribution < -0.4 is 5.32 Å². The van der Waals surface area contributed by atoms with Gasteiger partial charge in [-0.2, -0.15) is 0 Å². The summed E-state index contributed by atoms with van der Waals surface area (Å²) in [4.78, 5) is 21.0. The lowest BCUT2D eigenvalue weighted by Crippen LogP contribution is -2.32. The van der Waals surface area contributed by atoms with Crippen molar-refractivity contribution >= 4 is 11.9 Å². The fourth-order valence-electron chi connectivity index (χ4n) is 0.911. The molecule has 0 aromatic rings. The molecule has 2 N–H and O–H groups in total. The van der Waals surface area contributed by atoms with Crippen LogP contribution in [0.15, 0.2) is 0 Å². The Labute approximate surface area is 64.6 Å². The standard InChI is InChI=1S/C7H11NO3/c1-5(9)8-4-7(2-3-7)6(10)11/h2-4H2,1H3,(H,8,9)(H,10,11). The smallest absolute Gasteiger partial charge is 0.311 e. The number of nitrogens with one attached hydrogen (secondary N) is 1. The number of amides is 1. The Hall–Kier alpha value is -1.06. The Morgan fingerprint density at radius 3 is 2.36 bits per heavy atom. The highest BCUT2D eigenvalue weighted by molar-refractivity contribution is 5.80. The quantitative estimate of drug-likeness (QED) is 0.605. The van der Waals surface area contributed by atoms with Crippen LogP contribution in [0.2, 0.25) is 0 Å². The summed E-state index contributed by atoms with van der Waals surface area (Å²) >= 11 is 0. The van der Waals surface area contributed by atoms with Crippen LogP contribution in [0.5, 0.6) is 0 Å². The summed E-state index contributed by atoms with van der Waals surface area (Å²) in [6.45, 7) is 1.66. The highest BCUT2D eigenvalue weighted by Crippen LogP contribution is 2.45. The van der Waals surface area contributed by atoms with E-state index in [0.29, 0.717) is 12.8 Å². The number of hydrogen-bond donors (Lipinski definition) is 2. The van der Waals surface area contributed by atoms with Gasteiger partial charge in [0.2, 0.25) is 5.91 Å². The molecule has 1 saturated carbocycles. The zero-order valence-corrected chi connectivity index (χ0v) is 6.39. The molecule has 0 aliphatic heterocycles. The summed E-state index contributed by atoms with van der Waals surface area (Å²) in [7, 11) is 0. The first-order valence-corrected chi connectivity index (χ1v) is 3.55. The van der Waals surface area contributed by atoms with E-state index in [0.717, 1.165) is 0 Å². The number of carboxylic acids is 1. The van der Waals surface area contributed by atoms with Crippen LogP contribution in [0.1, 0.15) is 19.8 Å². The first-order valence-electron chi connectivity index (χ1n) is 3.55. The van der Waals surface area contributed by atoms with E-state index in [1.807, 2.05) is 0 Å². The topological polar surface area (TPSA) is 66.4 Å². The number of rotatable bonds is 3. The average molecular weight is 157 g/mol. The van der Waals surface area contributed by atoms with E-state index in [1.54, 1.807) is 0 Å². The molecule has 0 unspecified atom stereocenters. The zero-order valence-electron chi connectivity index (χ0n) is 6.39. The van der Waals surface area contributed by atoms with Crippen molar-refractivity contribution in [3.05, 3.63) is 0 Å². The molecule has 0 radical (unpaired) electrons. The fraction of sp³-hybridized carbons (Fsp3) is 0.714. The van der Waals surface area contributed by atoms with E-state index in [9.17, 15) is 9.59 Å². The summed E-state index contributed by atoms with van der Waals surface area (Å²) in [5, 5.41) is 11.2. The van der Waals surface area contributed by atoms with Crippen LogP contribution in [0.25, 0.3) is 0 Å². The van der Waals surface area contributed by atoms with Crippen molar-refractivity contribution < 1.29 is 14.7 Å². The number of hydrogen-bond acceptors (Lipinski definition) is 2. The van der Waals surface area contributed by atoms with E-state index >= 15 is 0 Å². The number of carbonyl (C=O) groups is 2. The van der Waals surface area contributed by atoms with Gasteiger partial charge >= 0.3 is 5.97 Å². The molecule has 1 amide bonds. The average Bonchev–Trinajstić information content (AvgIpc) is 2.63. The van der Waals surface area contributed by atoms with Crippen LogP contribution in [0.3, 0.4) is 0 Å². The van der Waals surface area contributed by atoms with Crippen LogP contribution in [-0.4, -0.2) is 23.5 Å². The predicted octanol–water partition coefficient (Wildman–Crippen LogP) is -0.0127. The van der Waals surface area contributed by atoms with Gasteiger partial charge in [0.05, 0.1) is 5.41 Å². The highest BCUT2D eigenvalue weighted by Gasteiger charge is 2.50. The van der Waals surface area contributed by atoms with Crippen LogP contribution in [0.4, 0.5) is 0 Å². The van der Waals surface area contributed by atoms with Gasteiger partial charge in [0.25, 0.3) is 0 Å². The molecule has 62 valence electrons. The Balaban J connectivity index is 2.36. The Kier molecular flexibility index (Phi) is 1.85. The van der Waals surface area contributed by atoms with Crippen LogP contribution in [-0.2, 0) is 9.59 Å². The second-order valence-electron chi connectivity index (χ2n) is 3.00. The van der Waals surface area contributed by atoms with E-state index < -0.39 is 11.4 Å². The van der Waals surface area contributed by atoms with Gasteiger partial charge in [0, 0.05) is 13.5 Å². The summed E-state index contributed by atoms with van der Waals surface area (Å²) in [6, 6.07) is 0. The second-order valence-corrected chi connectivity index (χ2v) is 3.00. The third-order valence-corrected chi connectivity index (χ3v) is 1.98. The zero-order chi connectivity index (χ0) is 8.48. The molecule has 1 fully saturated rings. The maximum atomic E-state index is 10.5. The van der Waals surface area contributed by atoms with Gasteiger partial charge in [-0.05, 0) is 12.8 Å². The molecule has 1 aliphatic carbocycles. The number of carboxylic acid groups (broad SMARTS) is 1. The van der Waals surface area contributed by atoms with Crippen molar-refractivity contribution in [3.8, 4) is 0 Å². The normalized spacial score (nSPS) is 19.0. The molecule has 4 nitrogen and oxygen atoms in total. The van der Waals surface area contributed by atoms with Crippen LogP contribution in [0, 0.1) is 5.41 Å². The van der Waals surface area contributed by atoms with Gasteiger partial charge in [-0.1, -0.05) is 0 Å². The molecule has 0 bridgehead atoms. The molecular weight excluding hydrogens is 146 g/mol. The number of aliphatic carboxylic acids is 1. The number of carbonyl (C=O) groups excluding carboxylic acids is 1. The minimum Gasteiger partial charge on any atom is -0.481 e. The van der Waals surface area contributed by atoms with Crippen molar-refractivity contribution in [1.82, 2.24) is 5.32 Å². The Bertz CT molecular complexity index is 196. The minimum atomic E-state index is -0.800. The molecule has 0 aromatic heterocycles. The summed E-state index contributed by atoms with van der Waals surface area (Å²) in [5.41, 5.74) is -0.633. The Morgan fingerprint density at radius 1 is 1.55 bits per heavy atom. The molecule has 0 atom stereocenters. The van der Waals surface area contributed by atoms with E-state index in [-0.39, 0.29) is 12.5 Å².